The molecule has 0 unspecified atom stereocenters. The van der Waals surface area contributed by atoms with Crippen molar-refractivity contribution in [1.82, 2.24) is 4.98 Å². The summed E-state index contributed by atoms with van der Waals surface area (Å²) in [4.78, 5) is 28.7. The van der Waals surface area contributed by atoms with Crippen molar-refractivity contribution in [3.05, 3.63) is 67.1 Å². The Morgan fingerprint density at radius 3 is 2.68 bits per heavy atom. The van der Waals surface area contributed by atoms with E-state index in [-0.39, 0.29) is 29.1 Å². The second-order valence-electron chi connectivity index (χ2n) is 4.89. The first-order valence-electron chi connectivity index (χ1n) is 6.53. The maximum atomic E-state index is 11.8. The first-order chi connectivity index (χ1) is 10.4. The first kappa shape index (κ1) is 15.4. The van der Waals surface area contributed by atoms with Crippen molar-refractivity contribution in [3.63, 3.8) is 0 Å². The van der Waals surface area contributed by atoms with Gasteiger partial charge in [-0.3, -0.25) is 19.9 Å². The van der Waals surface area contributed by atoms with E-state index in [0.29, 0.717) is 5.56 Å². The Morgan fingerprint density at radius 2 is 2.05 bits per heavy atom. The molecular weight excluding hydrogens is 286 g/mol. The summed E-state index contributed by atoms with van der Waals surface area (Å²) in [5.41, 5.74) is 1.78. The van der Waals surface area contributed by atoms with Gasteiger partial charge in [-0.25, -0.2) is 0 Å². The van der Waals surface area contributed by atoms with Crippen LogP contribution in [0.5, 0.6) is 5.75 Å². The minimum atomic E-state index is -0.578. The molecule has 2 aromatic rings. The van der Waals surface area contributed by atoms with E-state index < -0.39 is 4.92 Å². The van der Waals surface area contributed by atoms with E-state index in [0.717, 1.165) is 29.5 Å². The molecule has 0 aliphatic carbocycles. The molecule has 0 aliphatic rings. The molecular formula is C15H14N3O4-. The third kappa shape index (κ3) is 3.38. The molecule has 7 heteroatoms. The monoisotopic (exact) mass is 300 g/mol. The Balaban J connectivity index is 2.25. The van der Waals surface area contributed by atoms with Gasteiger partial charge in [0.25, 0.3) is 11.2 Å². The molecule has 1 N–H and O–H groups in total. The van der Waals surface area contributed by atoms with Gasteiger partial charge >= 0.3 is 0 Å². The summed E-state index contributed by atoms with van der Waals surface area (Å²) in [5.74, 6) is -0.358. The number of nitrogens with one attached hydrogen (secondary N) is 1. The molecule has 1 heterocycles. The molecule has 0 bridgehead atoms. The molecule has 0 saturated heterocycles. The lowest BCUT2D eigenvalue weighted by Crippen LogP contribution is -2.15. The van der Waals surface area contributed by atoms with E-state index in [1.54, 1.807) is 13.8 Å². The number of hydrogen-bond donors (Lipinski definition) is 1. The van der Waals surface area contributed by atoms with E-state index in [1.165, 1.54) is 6.21 Å². The lowest BCUT2D eigenvalue weighted by atomic mass is 10.1. The Morgan fingerprint density at radius 1 is 1.32 bits per heavy atom. The van der Waals surface area contributed by atoms with Gasteiger partial charge in [0.15, 0.2) is 0 Å². The van der Waals surface area contributed by atoms with Gasteiger partial charge in [-0.2, -0.15) is 0 Å². The van der Waals surface area contributed by atoms with Crippen LogP contribution < -0.4 is 10.7 Å². The number of benzene rings is 1. The molecule has 0 aliphatic heterocycles. The zero-order valence-electron chi connectivity index (χ0n) is 12.1. The van der Waals surface area contributed by atoms with Crippen LogP contribution in [0.2, 0.25) is 0 Å². The molecule has 2 rings (SSSR count). The molecule has 7 nitrogen and oxygen atoms in total. The Bertz CT molecular complexity index is 809. The lowest BCUT2D eigenvalue weighted by molar-refractivity contribution is -0.385. The van der Waals surface area contributed by atoms with Gasteiger partial charge in [0.05, 0.1) is 11.5 Å². The van der Waals surface area contributed by atoms with E-state index in [1.807, 2.05) is 6.07 Å². The van der Waals surface area contributed by atoms with Gasteiger partial charge in [0.1, 0.15) is 0 Å². The minimum Gasteiger partial charge on any atom is -0.872 e. The van der Waals surface area contributed by atoms with Crippen LogP contribution in [-0.4, -0.2) is 16.1 Å². The van der Waals surface area contributed by atoms with Gasteiger partial charge in [0, 0.05) is 29.6 Å². The topological polar surface area (TPSA) is 111 Å². The van der Waals surface area contributed by atoms with Crippen molar-refractivity contribution in [2.45, 2.75) is 20.4 Å². The second kappa shape index (κ2) is 6.21. The summed E-state index contributed by atoms with van der Waals surface area (Å²) in [5, 5.41) is 22.3. The SMILES string of the molecule is Cc1cc(C)c(CN=Cc2cc([N+](=O)[O-])ccc2[O-])c(=O)[nH]1. The van der Waals surface area contributed by atoms with Gasteiger partial charge in [-0.15, -0.1) is 0 Å². The first-order valence-corrected chi connectivity index (χ1v) is 6.53. The van der Waals surface area contributed by atoms with Crippen LogP contribution in [-0.2, 0) is 6.54 Å². The zero-order valence-corrected chi connectivity index (χ0v) is 12.1. The molecule has 114 valence electrons. The standard InChI is InChI=1S/C15H15N3O4/c1-9-5-10(2)17-15(20)13(9)8-16-7-11-6-12(18(21)22)3-4-14(11)19/h3-7,19H,8H2,1-2H3,(H,17,20)/p-1. The molecule has 1 aromatic carbocycles. The number of pyridine rings is 1. The van der Waals surface area contributed by atoms with Gasteiger partial charge in [-0.1, -0.05) is 11.8 Å². The van der Waals surface area contributed by atoms with Crippen LogP contribution in [0.1, 0.15) is 22.4 Å². The van der Waals surface area contributed by atoms with Crippen molar-refractivity contribution in [1.29, 1.82) is 0 Å². The highest BCUT2D eigenvalue weighted by Crippen LogP contribution is 2.19. The number of non-ortho nitro benzene ring substituents is 1. The number of aliphatic imine (C=N–C) groups is 1. The summed E-state index contributed by atoms with van der Waals surface area (Å²) in [6.07, 6.45) is 1.26. The second-order valence-corrected chi connectivity index (χ2v) is 4.89. The fourth-order valence-electron chi connectivity index (χ4n) is 2.06. The zero-order chi connectivity index (χ0) is 16.3. The van der Waals surface area contributed by atoms with Crippen molar-refractivity contribution >= 4 is 11.9 Å². The summed E-state index contributed by atoms with van der Waals surface area (Å²) in [6.45, 7) is 3.69. The third-order valence-electron chi connectivity index (χ3n) is 3.18. The number of nitro groups is 1. The van der Waals surface area contributed by atoms with E-state index in [4.69, 9.17) is 0 Å². The number of aromatic nitrogens is 1. The summed E-state index contributed by atoms with van der Waals surface area (Å²) in [7, 11) is 0. The van der Waals surface area contributed by atoms with E-state index >= 15 is 0 Å². The van der Waals surface area contributed by atoms with Gasteiger partial charge in [-0.05, 0) is 31.0 Å². The number of nitro benzene ring substituents is 1. The molecule has 1 aromatic heterocycles. The van der Waals surface area contributed by atoms with Crippen molar-refractivity contribution in [3.8, 4) is 5.75 Å². The maximum absolute atomic E-state index is 11.8. The fourth-order valence-corrected chi connectivity index (χ4v) is 2.06. The lowest BCUT2D eigenvalue weighted by Gasteiger charge is -2.08. The van der Waals surface area contributed by atoms with Crippen molar-refractivity contribution in [2.24, 2.45) is 4.99 Å². The van der Waals surface area contributed by atoms with Crippen molar-refractivity contribution < 1.29 is 10.0 Å². The largest absolute Gasteiger partial charge is 0.872 e. The third-order valence-corrected chi connectivity index (χ3v) is 3.18. The highest BCUT2D eigenvalue weighted by Gasteiger charge is 2.06. The predicted octanol–water partition coefficient (Wildman–Crippen LogP) is 1.59. The quantitative estimate of drug-likeness (QED) is 0.525. The minimum absolute atomic E-state index is 0.101. The molecule has 0 saturated carbocycles. The van der Waals surface area contributed by atoms with Gasteiger partial charge in [0.2, 0.25) is 0 Å². The predicted molar refractivity (Wildman–Crippen MR) is 80.4 cm³/mol. The van der Waals surface area contributed by atoms with Crippen LogP contribution in [0.15, 0.2) is 34.1 Å². The molecule has 0 spiro atoms. The maximum Gasteiger partial charge on any atom is 0.270 e. The number of H-pyrrole nitrogens is 1. The number of nitrogens with zero attached hydrogens (tertiary/aromatic N) is 2. The normalized spacial score (nSPS) is 11.0. The Kier molecular flexibility index (Phi) is 4.36. The van der Waals surface area contributed by atoms with Crippen LogP contribution in [0, 0.1) is 24.0 Å². The highest BCUT2D eigenvalue weighted by atomic mass is 16.6. The number of rotatable bonds is 4. The average Bonchev–Trinajstić information content (AvgIpc) is 2.43. The average molecular weight is 300 g/mol. The number of aromatic amines is 1. The Hall–Kier alpha value is -2.96. The Labute approximate surface area is 126 Å². The van der Waals surface area contributed by atoms with Crippen molar-refractivity contribution in [2.75, 3.05) is 0 Å². The summed E-state index contributed by atoms with van der Waals surface area (Å²) < 4.78 is 0. The van der Waals surface area contributed by atoms with E-state index in [2.05, 4.69) is 9.98 Å². The fraction of sp³-hybridized carbons (Fsp3) is 0.200. The summed E-state index contributed by atoms with van der Waals surface area (Å²) >= 11 is 0. The van der Waals surface area contributed by atoms with Crippen LogP contribution in [0.4, 0.5) is 5.69 Å². The highest BCUT2D eigenvalue weighted by molar-refractivity contribution is 5.84. The smallest absolute Gasteiger partial charge is 0.270 e. The molecule has 22 heavy (non-hydrogen) atoms. The molecule has 0 amide bonds. The van der Waals surface area contributed by atoms with Crippen LogP contribution in [0.25, 0.3) is 0 Å². The summed E-state index contributed by atoms with van der Waals surface area (Å²) in [6, 6.07) is 5.27. The van der Waals surface area contributed by atoms with Crippen LogP contribution in [0.3, 0.4) is 0 Å². The molecule has 0 atom stereocenters. The number of aryl methyl sites for hydroxylation is 2. The molecule has 0 radical (unpaired) electrons. The number of hydrogen-bond acceptors (Lipinski definition) is 5. The van der Waals surface area contributed by atoms with E-state index in [9.17, 15) is 20.0 Å². The van der Waals surface area contributed by atoms with Crippen LogP contribution >= 0.6 is 0 Å². The molecule has 0 fully saturated rings. The van der Waals surface area contributed by atoms with Gasteiger partial charge < -0.3 is 10.1 Å².